The maximum Gasteiger partial charge on any atom is 0.255 e. The molecule has 3 nitrogen and oxygen atoms in total. The number of aromatic nitrogens is 1. The van der Waals surface area contributed by atoms with Crippen molar-refractivity contribution in [1.82, 2.24) is 9.88 Å². The van der Waals surface area contributed by atoms with Crippen LogP contribution in [-0.2, 0) is 0 Å². The molecule has 0 N–H and O–H groups in total. The van der Waals surface area contributed by atoms with Gasteiger partial charge in [-0.2, -0.15) is 0 Å². The van der Waals surface area contributed by atoms with Crippen LogP contribution in [0.5, 0.6) is 0 Å². The second-order valence-corrected chi connectivity index (χ2v) is 4.31. The Hall–Kier alpha value is -1.09. The van der Waals surface area contributed by atoms with Gasteiger partial charge in [0.15, 0.2) is 0 Å². The van der Waals surface area contributed by atoms with E-state index in [1.165, 1.54) is 6.20 Å². The molecule has 0 aromatic carbocycles. The molecule has 0 bridgehead atoms. The monoisotopic (exact) mass is 240 g/mol. The van der Waals surface area contributed by atoms with Crippen molar-refractivity contribution in [2.75, 3.05) is 7.05 Å². The molecule has 1 amide bonds. The van der Waals surface area contributed by atoms with Crippen LogP contribution < -0.4 is 0 Å². The number of hydrogen-bond acceptors (Lipinski definition) is 2. The molecule has 0 aliphatic rings. The molecular weight excluding hydrogens is 224 g/mol. The van der Waals surface area contributed by atoms with Crippen LogP contribution in [-0.4, -0.2) is 28.9 Å². The zero-order valence-corrected chi connectivity index (χ0v) is 10.7. The zero-order chi connectivity index (χ0) is 12.1. The van der Waals surface area contributed by atoms with Crippen LogP contribution in [0.15, 0.2) is 18.3 Å². The highest BCUT2D eigenvalue weighted by molar-refractivity contribution is 6.29. The summed E-state index contributed by atoms with van der Waals surface area (Å²) in [4.78, 5) is 17.7. The lowest BCUT2D eigenvalue weighted by atomic mass is 10.1. The zero-order valence-electron chi connectivity index (χ0n) is 9.90. The fourth-order valence-corrected chi connectivity index (χ4v) is 1.63. The summed E-state index contributed by atoms with van der Waals surface area (Å²) in [7, 11) is 1.82. The summed E-state index contributed by atoms with van der Waals surface area (Å²) in [6.45, 7) is 4.16. The molecule has 88 valence electrons. The number of pyridine rings is 1. The van der Waals surface area contributed by atoms with E-state index in [1.54, 1.807) is 17.0 Å². The summed E-state index contributed by atoms with van der Waals surface area (Å²) in [5.41, 5.74) is 0.579. The standard InChI is InChI=1S/C12H17ClN2O/c1-4-5-9(2)15(3)12(16)10-6-7-11(13)14-8-10/h6-9H,4-5H2,1-3H3. The first-order valence-corrected chi connectivity index (χ1v) is 5.82. The smallest absolute Gasteiger partial charge is 0.255 e. The third-order valence-electron chi connectivity index (χ3n) is 2.66. The van der Waals surface area contributed by atoms with Gasteiger partial charge in [0.2, 0.25) is 0 Å². The molecule has 1 aromatic rings. The van der Waals surface area contributed by atoms with E-state index < -0.39 is 0 Å². The van der Waals surface area contributed by atoms with E-state index in [-0.39, 0.29) is 11.9 Å². The second-order valence-electron chi connectivity index (χ2n) is 3.92. The van der Waals surface area contributed by atoms with Crippen molar-refractivity contribution in [3.63, 3.8) is 0 Å². The molecule has 1 heterocycles. The number of halogens is 1. The fraction of sp³-hybridized carbons (Fsp3) is 0.500. The van der Waals surface area contributed by atoms with Gasteiger partial charge >= 0.3 is 0 Å². The first-order valence-electron chi connectivity index (χ1n) is 5.45. The third kappa shape index (κ3) is 3.20. The lowest BCUT2D eigenvalue weighted by molar-refractivity contribution is 0.0736. The van der Waals surface area contributed by atoms with Gasteiger partial charge in [0.05, 0.1) is 5.56 Å². The van der Waals surface area contributed by atoms with Crippen molar-refractivity contribution in [2.24, 2.45) is 0 Å². The Balaban J connectivity index is 2.73. The summed E-state index contributed by atoms with van der Waals surface area (Å²) < 4.78 is 0. The number of hydrogen-bond donors (Lipinski definition) is 0. The molecule has 0 fully saturated rings. The van der Waals surface area contributed by atoms with E-state index in [0.29, 0.717) is 10.7 Å². The fourth-order valence-electron chi connectivity index (χ4n) is 1.52. The van der Waals surface area contributed by atoms with Crippen LogP contribution in [0.2, 0.25) is 5.15 Å². The lowest BCUT2D eigenvalue weighted by Gasteiger charge is -2.24. The lowest BCUT2D eigenvalue weighted by Crippen LogP contribution is -2.34. The van der Waals surface area contributed by atoms with Gasteiger partial charge in [0, 0.05) is 19.3 Å². The molecule has 0 saturated carbocycles. The molecule has 0 aliphatic heterocycles. The molecule has 0 saturated heterocycles. The molecule has 16 heavy (non-hydrogen) atoms. The van der Waals surface area contributed by atoms with Crippen LogP contribution in [0.25, 0.3) is 0 Å². The first kappa shape index (κ1) is 13.0. The highest BCUT2D eigenvalue weighted by atomic mass is 35.5. The largest absolute Gasteiger partial charge is 0.339 e. The van der Waals surface area contributed by atoms with Crippen LogP contribution in [0.3, 0.4) is 0 Å². The SMILES string of the molecule is CCCC(C)N(C)C(=O)c1ccc(Cl)nc1. The minimum absolute atomic E-state index is 0.00915. The van der Waals surface area contributed by atoms with Gasteiger partial charge in [-0.1, -0.05) is 24.9 Å². The van der Waals surface area contributed by atoms with E-state index in [2.05, 4.69) is 11.9 Å². The first-order chi connectivity index (χ1) is 7.56. The average molecular weight is 241 g/mol. The second kappa shape index (κ2) is 5.85. The van der Waals surface area contributed by atoms with E-state index in [4.69, 9.17) is 11.6 Å². The maximum absolute atomic E-state index is 12.0. The molecule has 0 radical (unpaired) electrons. The van der Waals surface area contributed by atoms with Crippen molar-refractivity contribution in [3.8, 4) is 0 Å². The quantitative estimate of drug-likeness (QED) is 0.758. The molecule has 1 atom stereocenters. The Kier molecular flexibility index (Phi) is 4.74. The van der Waals surface area contributed by atoms with E-state index in [9.17, 15) is 4.79 Å². The van der Waals surface area contributed by atoms with Crippen molar-refractivity contribution < 1.29 is 4.79 Å². The van der Waals surface area contributed by atoms with Crippen molar-refractivity contribution in [2.45, 2.75) is 32.7 Å². The minimum Gasteiger partial charge on any atom is -0.339 e. The maximum atomic E-state index is 12.0. The van der Waals surface area contributed by atoms with Crippen LogP contribution in [0, 0.1) is 0 Å². The van der Waals surface area contributed by atoms with Gasteiger partial charge in [0.25, 0.3) is 5.91 Å². The highest BCUT2D eigenvalue weighted by Crippen LogP contribution is 2.11. The molecule has 0 spiro atoms. The molecule has 0 aliphatic carbocycles. The Labute approximate surface area is 101 Å². The van der Waals surface area contributed by atoms with Gasteiger partial charge in [-0.25, -0.2) is 4.98 Å². The molecule has 1 aromatic heterocycles. The van der Waals surface area contributed by atoms with E-state index in [0.717, 1.165) is 12.8 Å². The molecule has 1 rings (SSSR count). The van der Waals surface area contributed by atoms with E-state index >= 15 is 0 Å². The van der Waals surface area contributed by atoms with Gasteiger partial charge < -0.3 is 4.90 Å². The van der Waals surface area contributed by atoms with Crippen LogP contribution in [0.1, 0.15) is 37.0 Å². The molecule has 4 heteroatoms. The highest BCUT2D eigenvalue weighted by Gasteiger charge is 2.16. The van der Waals surface area contributed by atoms with Crippen molar-refractivity contribution in [3.05, 3.63) is 29.0 Å². The molecular formula is C12H17ClN2O. The van der Waals surface area contributed by atoms with Crippen molar-refractivity contribution >= 4 is 17.5 Å². The normalized spacial score (nSPS) is 12.2. The summed E-state index contributed by atoms with van der Waals surface area (Å²) in [6, 6.07) is 3.58. The average Bonchev–Trinajstić information content (AvgIpc) is 2.28. The van der Waals surface area contributed by atoms with E-state index in [1.807, 2.05) is 14.0 Å². The van der Waals surface area contributed by atoms with Gasteiger partial charge in [-0.15, -0.1) is 0 Å². The Morgan fingerprint density at radius 1 is 1.56 bits per heavy atom. The van der Waals surface area contributed by atoms with Gasteiger partial charge in [-0.3, -0.25) is 4.79 Å². The van der Waals surface area contributed by atoms with Crippen LogP contribution >= 0.6 is 11.6 Å². The Morgan fingerprint density at radius 3 is 2.75 bits per heavy atom. The third-order valence-corrected chi connectivity index (χ3v) is 2.89. The van der Waals surface area contributed by atoms with Crippen molar-refractivity contribution in [1.29, 1.82) is 0 Å². The predicted octanol–water partition coefficient (Wildman–Crippen LogP) is 3.00. The number of amides is 1. The minimum atomic E-state index is -0.00915. The number of carbonyl (C=O) groups is 1. The number of carbonyl (C=O) groups excluding carboxylic acids is 1. The van der Waals surface area contributed by atoms with Gasteiger partial charge in [0.1, 0.15) is 5.15 Å². The number of rotatable bonds is 4. The Morgan fingerprint density at radius 2 is 2.25 bits per heavy atom. The van der Waals surface area contributed by atoms with Crippen LogP contribution in [0.4, 0.5) is 0 Å². The molecule has 1 unspecified atom stereocenters. The topological polar surface area (TPSA) is 33.2 Å². The predicted molar refractivity (Wildman–Crippen MR) is 65.7 cm³/mol. The Bertz CT molecular complexity index is 351. The summed E-state index contributed by atoms with van der Waals surface area (Å²) in [5, 5.41) is 0.404. The van der Waals surface area contributed by atoms with Gasteiger partial charge in [-0.05, 0) is 25.5 Å². The summed E-state index contributed by atoms with van der Waals surface area (Å²) in [5.74, 6) is -0.00915. The summed E-state index contributed by atoms with van der Waals surface area (Å²) in [6.07, 6.45) is 3.58. The summed E-state index contributed by atoms with van der Waals surface area (Å²) >= 11 is 5.67. The number of nitrogens with zero attached hydrogens (tertiary/aromatic N) is 2.